The lowest BCUT2D eigenvalue weighted by Crippen LogP contribution is -2.27. The average Bonchev–Trinajstić information content (AvgIpc) is 3.44. The van der Waals surface area contributed by atoms with Crippen LogP contribution in [0.4, 0.5) is 16.5 Å². The van der Waals surface area contributed by atoms with Crippen molar-refractivity contribution in [2.75, 3.05) is 16.8 Å². The molecule has 1 N–H and O–H groups in total. The molecule has 0 radical (unpaired) electrons. The molecule has 33 heavy (non-hydrogen) atoms. The van der Waals surface area contributed by atoms with E-state index in [0.717, 1.165) is 28.5 Å². The Hall–Kier alpha value is -3.19. The number of carbonyl (C=O) groups excluding carboxylic acids is 2. The molecule has 0 unspecified atom stereocenters. The van der Waals surface area contributed by atoms with Gasteiger partial charge in [-0.15, -0.1) is 11.3 Å². The minimum Gasteiger partial charge on any atom is -0.459 e. The van der Waals surface area contributed by atoms with Crippen molar-refractivity contribution in [2.24, 2.45) is 5.92 Å². The van der Waals surface area contributed by atoms with Crippen LogP contribution < -0.4 is 10.2 Å². The first kappa shape index (κ1) is 23.0. The largest absolute Gasteiger partial charge is 0.459 e. The summed E-state index contributed by atoms with van der Waals surface area (Å²) in [6.07, 6.45) is 1.16. The molecular formula is C26H29N3O3S. The van der Waals surface area contributed by atoms with Gasteiger partial charge in [0.05, 0.1) is 11.6 Å². The average molecular weight is 464 g/mol. The fourth-order valence-electron chi connectivity index (χ4n) is 3.92. The second kappa shape index (κ2) is 10.2. The van der Waals surface area contributed by atoms with Crippen molar-refractivity contribution in [3.05, 3.63) is 70.7 Å². The van der Waals surface area contributed by atoms with Crippen LogP contribution in [0.25, 0.3) is 0 Å². The molecule has 1 saturated heterocycles. The van der Waals surface area contributed by atoms with E-state index in [-0.39, 0.29) is 24.9 Å². The van der Waals surface area contributed by atoms with Crippen molar-refractivity contribution in [1.29, 1.82) is 0 Å². The van der Waals surface area contributed by atoms with E-state index in [1.54, 1.807) is 4.90 Å². The number of benzene rings is 2. The molecule has 1 aliphatic heterocycles. The van der Waals surface area contributed by atoms with Gasteiger partial charge in [-0.1, -0.05) is 49.7 Å². The summed E-state index contributed by atoms with van der Waals surface area (Å²) in [7, 11) is 0. The van der Waals surface area contributed by atoms with E-state index in [0.29, 0.717) is 18.2 Å². The Kier molecular flexibility index (Phi) is 7.08. The smallest absolute Gasteiger partial charge is 0.311 e. The van der Waals surface area contributed by atoms with Crippen molar-refractivity contribution >= 4 is 39.7 Å². The van der Waals surface area contributed by atoms with Gasteiger partial charge in [0.15, 0.2) is 5.13 Å². The Morgan fingerprint density at radius 3 is 2.76 bits per heavy atom. The summed E-state index contributed by atoms with van der Waals surface area (Å²) in [6, 6.07) is 16.0. The van der Waals surface area contributed by atoms with E-state index in [4.69, 9.17) is 4.74 Å². The number of nitrogens with one attached hydrogen (secondary N) is 1. The molecule has 172 valence electrons. The molecule has 2 atom stereocenters. The highest BCUT2D eigenvalue weighted by molar-refractivity contribution is 7.13. The Balaban J connectivity index is 1.34. The molecule has 0 spiro atoms. The van der Waals surface area contributed by atoms with Crippen molar-refractivity contribution in [3.63, 3.8) is 0 Å². The third-order valence-electron chi connectivity index (χ3n) is 6.05. The number of hydrogen-bond donors (Lipinski definition) is 1. The molecule has 0 aliphatic carbocycles. The number of thiazole rings is 1. The minimum atomic E-state index is -0.466. The third-order valence-corrected chi connectivity index (χ3v) is 6.85. The van der Waals surface area contributed by atoms with Crippen LogP contribution in [0.3, 0.4) is 0 Å². The number of amides is 1. The van der Waals surface area contributed by atoms with Crippen molar-refractivity contribution in [3.8, 4) is 0 Å². The first-order valence-electron chi connectivity index (χ1n) is 11.3. The Morgan fingerprint density at radius 1 is 1.24 bits per heavy atom. The van der Waals surface area contributed by atoms with Crippen LogP contribution >= 0.6 is 11.3 Å². The molecule has 3 aromatic rings. The summed E-state index contributed by atoms with van der Waals surface area (Å²) >= 11 is 1.46. The maximum Gasteiger partial charge on any atom is 0.311 e. The maximum atomic E-state index is 12.7. The number of anilines is 3. The quantitative estimate of drug-likeness (QED) is 0.427. The van der Waals surface area contributed by atoms with E-state index >= 15 is 0 Å². The number of ether oxygens (including phenoxy) is 1. The number of para-hydroxylation sites is 1. The Morgan fingerprint density at radius 2 is 2.00 bits per heavy atom. The SMILES string of the molecule is CC[C@@H](C)c1ccccc1N1C[C@@H](C(=O)OCc2csc(Nc3ccc(C)cc3)n2)CC1=O. The zero-order valence-corrected chi connectivity index (χ0v) is 20.0. The van der Waals surface area contributed by atoms with Gasteiger partial charge in [-0.2, -0.15) is 0 Å². The summed E-state index contributed by atoms with van der Waals surface area (Å²) < 4.78 is 5.52. The molecule has 1 aromatic heterocycles. The van der Waals surface area contributed by atoms with Crippen LogP contribution in [0.2, 0.25) is 0 Å². The van der Waals surface area contributed by atoms with Crippen LogP contribution in [0.1, 0.15) is 49.4 Å². The monoisotopic (exact) mass is 463 g/mol. The molecule has 1 amide bonds. The molecular weight excluding hydrogens is 434 g/mol. The molecule has 2 heterocycles. The van der Waals surface area contributed by atoms with Gasteiger partial charge < -0.3 is 15.0 Å². The predicted molar refractivity (Wildman–Crippen MR) is 132 cm³/mol. The second-order valence-corrected chi connectivity index (χ2v) is 9.37. The molecule has 4 rings (SSSR count). The number of carbonyl (C=O) groups is 2. The summed E-state index contributed by atoms with van der Waals surface area (Å²) in [5.74, 6) is -0.516. The van der Waals surface area contributed by atoms with E-state index in [2.05, 4.69) is 30.2 Å². The van der Waals surface area contributed by atoms with Crippen LogP contribution in [0.15, 0.2) is 53.9 Å². The first-order chi connectivity index (χ1) is 15.9. The Labute approximate surface area is 198 Å². The number of nitrogens with zero attached hydrogens (tertiary/aromatic N) is 2. The van der Waals surface area contributed by atoms with Gasteiger partial charge in [0.25, 0.3) is 0 Å². The summed E-state index contributed by atoms with van der Waals surface area (Å²) in [5, 5.41) is 5.88. The molecule has 1 aliphatic rings. The normalized spacial score (nSPS) is 16.6. The summed E-state index contributed by atoms with van der Waals surface area (Å²) in [5.41, 5.74) is 4.88. The lowest BCUT2D eigenvalue weighted by Gasteiger charge is -2.23. The first-order valence-corrected chi connectivity index (χ1v) is 12.2. The van der Waals surface area contributed by atoms with Crippen LogP contribution in [-0.2, 0) is 20.9 Å². The van der Waals surface area contributed by atoms with Crippen LogP contribution in [0.5, 0.6) is 0 Å². The highest BCUT2D eigenvalue weighted by atomic mass is 32.1. The zero-order chi connectivity index (χ0) is 23.4. The number of aromatic nitrogens is 1. The summed E-state index contributed by atoms with van der Waals surface area (Å²) in [4.78, 5) is 31.7. The van der Waals surface area contributed by atoms with Crippen molar-refractivity contribution in [2.45, 2.75) is 46.1 Å². The standard InChI is InChI=1S/C26H29N3O3S/c1-4-18(3)22-7-5-6-8-23(22)29-14-19(13-24(29)30)25(31)32-15-21-16-33-26(28-21)27-20-11-9-17(2)10-12-20/h5-12,16,18-19H,4,13-15H2,1-3H3,(H,27,28)/t18-,19+/m1/s1. The van der Waals surface area contributed by atoms with Crippen molar-refractivity contribution < 1.29 is 14.3 Å². The second-order valence-electron chi connectivity index (χ2n) is 8.52. The topological polar surface area (TPSA) is 71.5 Å². The van der Waals surface area contributed by atoms with Crippen molar-refractivity contribution in [1.82, 2.24) is 4.98 Å². The summed E-state index contributed by atoms with van der Waals surface area (Å²) in [6.45, 7) is 6.78. The van der Waals surface area contributed by atoms with Gasteiger partial charge >= 0.3 is 5.97 Å². The van der Waals surface area contributed by atoms with Gasteiger partial charge in [0.2, 0.25) is 5.91 Å². The maximum absolute atomic E-state index is 12.7. The molecule has 0 saturated carbocycles. The predicted octanol–water partition coefficient (Wildman–Crippen LogP) is 5.80. The molecule has 0 bridgehead atoms. The number of aryl methyl sites for hydroxylation is 1. The third kappa shape index (κ3) is 5.42. The van der Waals surface area contributed by atoms with Crippen LogP contribution in [-0.4, -0.2) is 23.4 Å². The van der Waals surface area contributed by atoms with E-state index in [1.165, 1.54) is 16.9 Å². The Bertz CT molecular complexity index is 1130. The molecule has 1 fully saturated rings. The fourth-order valence-corrected chi connectivity index (χ4v) is 4.64. The van der Waals surface area contributed by atoms with E-state index in [9.17, 15) is 9.59 Å². The lowest BCUT2D eigenvalue weighted by atomic mass is 9.96. The van der Waals surface area contributed by atoms with E-state index in [1.807, 2.05) is 54.8 Å². The van der Waals surface area contributed by atoms with E-state index < -0.39 is 5.92 Å². The van der Waals surface area contributed by atoms with Gasteiger partial charge in [0, 0.05) is 29.7 Å². The van der Waals surface area contributed by atoms with Crippen LogP contribution in [0, 0.1) is 12.8 Å². The number of esters is 1. The highest BCUT2D eigenvalue weighted by Gasteiger charge is 2.37. The highest BCUT2D eigenvalue weighted by Crippen LogP contribution is 2.34. The van der Waals surface area contributed by atoms with Gasteiger partial charge in [-0.3, -0.25) is 9.59 Å². The minimum absolute atomic E-state index is 0.0362. The van der Waals surface area contributed by atoms with Gasteiger partial charge in [-0.25, -0.2) is 4.98 Å². The number of rotatable bonds is 8. The van der Waals surface area contributed by atoms with Gasteiger partial charge in [-0.05, 0) is 43.0 Å². The fraction of sp³-hybridized carbons (Fsp3) is 0.346. The zero-order valence-electron chi connectivity index (χ0n) is 19.2. The van der Waals surface area contributed by atoms with Gasteiger partial charge in [0.1, 0.15) is 6.61 Å². The molecule has 7 heteroatoms. The molecule has 2 aromatic carbocycles. The molecule has 6 nitrogen and oxygen atoms in total. The lowest BCUT2D eigenvalue weighted by molar-refractivity contribution is -0.149. The number of hydrogen-bond acceptors (Lipinski definition) is 6.